The Balaban J connectivity index is 1.83. The van der Waals surface area contributed by atoms with Crippen molar-refractivity contribution in [3.8, 4) is 0 Å². The molecule has 2 aliphatic rings. The van der Waals surface area contributed by atoms with Crippen LogP contribution in [0.1, 0.15) is 89.9 Å². The van der Waals surface area contributed by atoms with Gasteiger partial charge in [-0.05, 0) is 11.1 Å². The van der Waals surface area contributed by atoms with Crippen LogP contribution in [0.2, 0.25) is 11.1 Å². The molecule has 0 saturated heterocycles. The number of hydrogen-bond acceptors (Lipinski definition) is 1. The van der Waals surface area contributed by atoms with E-state index in [1.807, 2.05) is 0 Å². The van der Waals surface area contributed by atoms with Crippen molar-refractivity contribution >= 4 is 9.04 Å². The molecule has 0 aromatic heterocycles. The molecule has 2 saturated carbocycles. The minimum absolute atomic E-state index is 0.759. The lowest BCUT2D eigenvalue weighted by Gasteiger charge is -2.30. The van der Waals surface area contributed by atoms with Gasteiger partial charge in [0.25, 0.3) is 0 Å². The Bertz CT molecular complexity index is 181. The van der Waals surface area contributed by atoms with Gasteiger partial charge in [0.2, 0.25) is 0 Å². The zero-order valence-electron chi connectivity index (χ0n) is 12.1. The van der Waals surface area contributed by atoms with Gasteiger partial charge in [0, 0.05) is 0 Å². The molecule has 0 bridgehead atoms. The van der Waals surface area contributed by atoms with E-state index in [-0.39, 0.29) is 0 Å². The summed E-state index contributed by atoms with van der Waals surface area (Å²) < 4.78 is 0. The second-order valence-electron chi connectivity index (χ2n) is 6.70. The van der Waals surface area contributed by atoms with Crippen molar-refractivity contribution in [2.45, 2.75) is 101 Å². The summed E-state index contributed by atoms with van der Waals surface area (Å²) in [5.74, 6) is 0. The average Bonchev–Trinajstić information content (AvgIpc) is 2.27. The minimum atomic E-state index is -1.46. The van der Waals surface area contributed by atoms with Crippen LogP contribution in [-0.2, 0) is 0 Å². The van der Waals surface area contributed by atoms with Gasteiger partial charge in [0.1, 0.15) is 0 Å². The SMILES string of the molecule is O[SiH](C1CCCCCCC1)C1CCCCCCC1. The summed E-state index contributed by atoms with van der Waals surface area (Å²) >= 11 is 0. The molecular formula is C16H32OSi. The maximum Gasteiger partial charge on any atom is 0.178 e. The zero-order chi connectivity index (χ0) is 12.6. The molecule has 2 heteroatoms. The van der Waals surface area contributed by atoms with Crippen molar-refractivity contribution in [2.75, 3.05) is 0 Å². The zero-order valence-corrected chi connectivity index (χ0v) is 13.2. The Labute approximate surface area is 115 Å². The first-order valence-electron chi connectivity index (χ1n) is 8.56. The van der Waals surface area contributed by atoms with Gasteiger partial charge in [-0.1, -0.05) is 89.9 Å². The fourth-order valence-electron chi connectivity index (χ4n) is 4.04. The molecule has 106 valence electrons. The summed E-state index contributed by atoms with van der Waals surface area (Å²) in [5, 5.41) is 0. The molecule has 2 rings (SSSR count). The third kappa shape index (κ3) is 4.69. The molecule has 1 N–H and O–H groups in total. The maximum absolute atomic E-state index is 10.9. The standard InChI is InChI=1S/C16H32OSi/c17-18(15-11-7-3-1-4-8-12-15)16-13-9-5-2-6-10-14-16/h15-18H,1-14H2. The Morgan fingerprint density at radius 1 is 0.500 bits per heavy atom. The van der Waals surface area contributed by atoms with E-state index >= 15 is 0 Å². The lowest BCUT2D eigenvalue weighted by Crippen LogP contribution is -2.28. The molecule has 18 heavy (non-hydrogen) atoms. The van der Waals surface area contributed by atoms with Crippen LogP contribution in [0.5, 0.6) is 0 Å². The predicted molar refractivity (Wildman–Crippen MR) is 81.5 cm³/mol. The average molecular weight is 269 g/mol. The lowest BCUT2D eigenvalue weighted by molar-refractivity contribution is 0.415. The highest BCUT2D eigenvalue weighted by Gasteiger charge is 2.29. The monoisotopic (exact) mass is 268 g/mol. The second-order valence-corrected chi connectivity index (χ2v) is 9.57. The summed E-state index contributed by atoms with van der Waals surface area (Å²) in [6.45, 7) is 0. The van der Waals surface area contributed by atoms with Crippen LogP contribution in [0.25, 0.3) is 0 Å². The van der Waals surface area contributed by atoms with Gasteiger partial charge in [-0.3, -0.25) is 0 Å². The normalized spacial score (nSPS) is 26.3. The van der Waals surface area contributed by atoms with Crippen LogP contribution in [0.3, 0.4) is 0 Å². The summed E-state index contributed by atoms with van der Waals surface area (Å²) in [4.78, 5) is 10.9. The van der Waals surface area contributed by atoms with Crippen molar-refractivity contribution in [3.63, 3.8) is 0 Å². The van der Waals surface area contributed by atoms with E-state index in [2.05, 4.69) is 0 Å². The molecule has 0 aromatic rings. The summed E-state index contributed by atoms with van der Waals surface area (Å²) in [6, 6.07) is 0. The largest absolute Gasteiger partial charge is 0.434 e. The quantitative estimate of drug-likeness (QED) is 0.704. The van der Waals surface area contributed by atoms with Crippen LogP contribution >= 0.6 is 0 Å². The minimum Gasteiger partial charge on any atom is -0.434 e. The molecule has 0 unspecified atom stereocenters. The Kier molecular flexibility index (Phi) is 6.78. The predicted octanol–water partition coefficient (Wildman–Crippen LogP) is 4.93. The van der Waals surface area contributed by atoms with Gasteiger partial charge < -0.3 is 4.80 Å². The third-order valence-corrected chi connectivity index (χ3v) is 8.53. The molecule has 0 radical (unpaired) electrons. The van der Waals surface area contributed by atoms with E-state index < -0.39 is 9.04 Å². The fraction of sp³-hybridized carbons (Fsp3) is 1.00. The molecule has 1 nitrogen and oxygen atoms in total. The molecule has 0 atom stereocenters. The highest BCUT2D eigenvalue weighted by atomic mass is 28.3. The number of rotatable bonds is 2. The van der Waals surface area contributed by atoms with Crippen molar-refractivity contribution in [2.24, 2.45) is 0 Å². The van der Waals surface area contributed by atoms with Crippen molar-refractivity contribution in [3.05, 3.63) is 0 Å². The van der Waals surface area contributed by atoms with E-state index in [1.165, 1.54) is 89.9 Å². The molecular weight excluding hydrogens is 236 g/mol. The topological polar surface area (TPSA) is 20.2 Å². The Hall–Kier alpha value is 0.177. The molecule has 0 amide bonds. The fourth-order valence-corrected chi connectivity index (χ4v) is 7.12. The van der Waals surface area contributed by atoms with E-state index in [1.54, 1.807) is 0 Å². The van der Waals surface area contributed by atoms with Gasteiger partial charge in [0.05, 0.1) is 0 Å². The van der Waals surface area contributed by atoms with Gasteiger partial charge in [-0.2, -0.15) is 0 Å². The lowest BCUT2D eigenvalue weighted by atomic mass is 10.00. The Morgan fingerprint density at radius 3 is 1.11 bits per heavy atom. The van der Waals surface area contributed by atoms with Crippen molar-refractivity contribution < 1.29 is 4.80 Å². The second kappa shape index (κ2) is 8.37. The van der Waals surface area contributed by atoms with Crippen LogP contribution in [0.4, 0.5) is 0 Å². The molecule has 0 spiro atoms. The summed E-state index contributed by atoms with van der Waals surface area (Å²) in [7, 11) is -1.46. The van der Waals surface area contributed by atoms with Crippen LogP contribution in [-0.4, -0.2) is 13.8 Å². The van der Waals surface area contributed by atoms with Crippen LogP contribution < -0.4 is 0 Å². The number of hydrogen-bond donors (Lipinski definition) is 1. The van der Waals surface area contributed by atoms with E-state index in [9.17, 15) is 4.80 Å². The third-order valence-electron chi connectivity index (χ3n) is 5.27. The van der Waals surface area contributed by atoms with Gasteiger partial charge in [0.15, 0.2) is 9.04 Å². The van der Waals surface area contributed by atoms with Crippen molar-refractivity contribution in [1.82, 2.24) is 0 Å². The summed E-state index contributed by atoms with van der Waals surface area (Å²) in [5.41, 5.74) is 1.52. The van der Waals surface area contributed by atoms with E-state index in [0.717, 1.165) is 11.1 Å². The first-order chi connectivity index (χ1) is 8.88. The molecule has 2 fully saturated rings. The van der Waals surface area contributed by atoms with Gasteiger partial charge >= 0.3 is 0 Å². The van der Waals surface area contributed by atoms with Crippen molar-refractivity contribution in [1.29, 1.82) is 0 Å². The first kappa shape index (κ1) is 14.6. The maximum atomic E-state index is 10.9. The van der Waals surface area contributed by atoms with E-state index in [0.29, 0.717) is 0 Å². The van der Waals surface area contributed by atoms with Gasteiger partial charge in [-0.15, -0.1) is 0 Å². The highest BCUT2D eigenvalue weighted by molar-refractivity contribution is 6.54. The van der Waals surface area contributed by atoms with Crippen LogP contribution in [0, 0.1) is 0 Å². The molecule has 0 aromatic carbocycles. The first-order valence-corrected chi connectivity index (χ1v) is 10.4. The van der Waals surface area contributed by atoms with Gasteiger partial charge in [-0.25, -0.2) is 0 Å². The van der Waals surface area contributed by atoms with Crippen LogP contribution in [0.15, 0.2) is 0 Å². The molecule has 0 aliphatic heterocycles. The Morgan fingerprint density at radius 2 is 0.778 bits per heavy atom. The smallest absolute Gasteiger partial charge is 0.178 e. The molecule has 2 aliphatic carbocycles. The highest BCUT2D eigenvalue weighted by Crippen LogP contribution is 2.38. The van der Waals surface area contributed by atoms with E-state index in [4.69, 9.17) is 0 Å². The molecule has 0 heterocycles. The summed E-state index contributed by atoms with van der Waals surface area (Å²) in [6.07, 6.45) is 19.5.